The van der Waals surface area contributed by atoms with Crippen LogP contribution in [0, 0.1) is 5.92 Å². The van der Waals surface area contributed by atoms with E-state index in [9.17, 15) is 9.90 Å². The second-order valence-electron chi connectivity index (χ2n) is 2.94. The molecule has 1 saturated heterocycles. The molecule has 1 fully saturated rings. The van der Waals surface area contributed by atoms with Crippen molar-refractivity contribution in [2.45, 2.75) is 25.6 Å². The Morgan fingerprint density at radius 3 is 2.73 bits per heavy atom. The van der Waals surface area contributed by atoms with Crippen LogP contribution in [0.3, 0.4) is 0 Å². The van der Waals surface area contributed by atoms with Gasteiger partial charge < -0.3 is 14.9 Å². The van der Waals surface area contributed by atoms with E-state index in [1.807, 2.05) is 6.92 Å². The van der Waals surface area contributed by atoms with Crippen molar-refractivity contribution in [2.75, 3.05) is 6.61 Å². The lowest BCUT2D eigenvalue weighted by atomic mass is 9.97. The third-order valence-electron chi connectivity index (χ3n) is 1.95. The normalized spacial score (nSPS) is 38.5. The molecule has 0 radical (unpaired) electrons. The van der Waals surface area contributed by atoms with Crippen molar-refractivity contribution in [1.82, 2.24) is 0 Å². The molecule has 64 valence electrons. The number of rotatable bonds is 1. The summed E-state index contributed by atoms with van der Waals surface area (Å²) in [5.74, 6) is -0.943. The first kappa shape index (κ1) is 8.49. The van der Waals surface area contributed by atoms with Crippen LogP contribution in [-0.4, -0.2) is 35.0 Å². The number of hydrogen-bond donors (Lipinski definition) is 2. The molecule has 0 saturated carbocycles. The van der Waals surface area contributed by atoms with Crippen molar-refractivity contribution >= 4 is 5.97 Å². The fourth-order valence-corrected chi connectivity index (χ4v) is 1.07. The lowest BCUT2D eigenvalue weighted by molar-refractivity contribution is -0.161. The number of carboxylic acid groups (broad SMARTS) is 1. The van der Waals surface area contributed by atoms with Crippen LogP contribution in [0.5, 0.6) is 0 Å². The predicted molar refractivity (Wildman–Crippen MR) is 37.2 cm³/mol. The first-order chi connectivity index (χ1) is 5.11. The highest BCUT2D eigenvalue weighted by atomic mass is 16.5. The molecule has 0 aromatic heterocycles. The van der Waals surface area contributed by atoms with Gasteiger partial charge in [0, 0.05) is 12.3 Å². The molecule has 1 aliphatic rings. The van der Waals surface area contributed by atoms with Gasteiger partial charge in [0.15, 0.2) is 6.10 Å². The molecule has 1 aliphatic heterocycles. The maximum Gasteiger partial charge on any atom is 0.332 e. The van der Waals surface area contributed by atoms with Crippen molar-refractivity contribution in [1.29, 1.82) is 0 Å². The van der Waals surface area contributed by atoms with Crippen molar-refractivity contribution in [3.63, 3.8) is 0 Å². The minimum atomic E-state index is -0.990. The smallest absolute Gasteiger partial charge is 0.332 e. The van der Waals surface area contributed by atoms with Gasteiger partial charge in [-0.25, -0.2) is 4.79 Å². The van der Waals surface area contributed by atoms with Gasteiger partial charge in [-0.15, -0.1) is 0 Å². The third kappa shape index (κ3) is 1.91. The summed E-state index contributed by atoms with van der Waals surface area (Å²) in [7, 11) is 0. The van der Waals surface area contributed by atoms with E-state index in [2.05, 4.69) is 0 Å². The van der Waals surface area contributed by atoms with Crippen molar-refractivity contribution in [3.05, 3.63) is 0 Å². The van der Waals surface area contributed by atoms with Crippen LogP contribution in [0.25, 0.3) is 0 Å². The average molecular weight is 160 g/mol. The summed E-state index contributed by atoms with van der Waals surface area (Å²) in [5, 5.41) is 17.8. The van der Waals surface area contributed by atoms with E-state index in [0.29, 0.717) is 6.61 Å². The fraction of sp³-hybridized carbons (Fsp3) is 0.857. The van der Waals surface area contributed by atoms with Crippen molar-refractivity contribution < 1.29 is 19.7 Å². The highest BCUT2D eigenvalue weighted by Crippen LogP contribution is 2.18. The van der Waals surface area contributed by atoms with Gasteiger partial charge in [0.1, 0.15) is 0 Å². The quantitative estimate of drug-likeness (QED) is 0.560. The van der Waals surface area contributed by atoms with E-state index in [-0.39, 0.29) is 12.3 Å². The Balaban J connectivity index is 2.46. The molecule has 3 atom stereocenters. The highest BCUT2D eigenvalue weighted by Gasteiger charge is 2.30. The number of carboxylic acids is 1. The molecular weight excluding hydrogens is 148 g/mol. The standard InChI is InChI=1S/C7H12O4/c1-4-3-11-6(7(9)10)2-5(4)8/h4-6,8H,2-3H2,1H3,(H,9,10)/t4?,5-,6-/m0/s1. The molecule has 0 bridgehead atoms. The zero-order chi connectivity index (χ0) is 8.43. The number of ether oxygens (including phenoxy) is 1. The Labute approximate surface area is 64.8 Å². The third-order valence-corrected chi connectivity index (χ3v) is 1.95. The monoisotopic (exact) mass is 160 g/mol. The number of carbonyl (C=O) groups is 1. The summed E-state index contributed by atoms with van der Waals surface area (Å²) >= 11 is 0. The molecule has 0 aliphatic carbocycles. The number of aliphatic hydroxyl groups excluding tert-OH is 1. The van der Waals surface area contributed by atoms with Gasteiger partial charge >= 0.3 is 5.97 Å². The maximum atomic E-state index is 10.4. The molecule has 1 rings (SSSR count). The molecule has 4 nitrogen and oxygen atoms in total. The van der Waals surface area contributed by atoms with E-state index >= 15 is 0 Å². The Hall–Kier alpha value is -0.610. The second-order valence-corrected chi connectivity index (χ2v) is 2.94. The Morgan fingerprint density at radius 2 is 2.27 bits per heavy atom. The van der Waals surface area contributed by atoms with Crippen LogP contribution >= 0.6 is 0 Å². The maximum absolute atomic E-state index is 10.4. The SMILES string of the molecule is CC1CO[C@H](C(=O)O)C[C@@H]1O. The van der Waals surface area contributed by atoms with Gasteiger partial charge in [-0.05, 0) is 0 Å². The summed E-state index contributed by atoms with van der Waals surface area (Å²) in [5.41, 5.74) is 0. The molecule has 11 heavy (non-hydrogen) atoms. The van der Waals surface area contributed by atoms with Crippen LogP contribution in [0.2, 0.25) is 0 Å². The van der Waals surface area contributed by atoms with Crippen LogP contribution in [-0.2, 0) is 9.53 Å². The van der Waals surface area contributed by atoms with Crippen LogP contribution in [0.4, 0.5) is 0 Å². The number of hydrogen-bond acceptors (Lipinski definition) is 3. The van der Waals surface area contributed by atoms with E-state index in [1.165, 1.54) is 0 Å². The van der Waals surface area contributed by atoms with Gasteiger partial charge in [-0.3, -0.25) is 0 Å². The molecule has 2 N–H and O–H groups in total. The van der Waals surface area contributed by atoms with Crippen LogP contribution in [0.1, 0.15) is 13.3 Å². The van der Waals surface area contributed by atoms with E-state index < -0.39 is 18.2 Å². The van der Waals surface area contributed by atoms with E-state index in [0.717, 1.165) is 0 Å². The van der Waals surface area contributed by atoms with Gasteiger partial charge in [-0.2, -0.15) is 0 Å². The van der Waals surface area contributed by atoms with Gasteiger partial charge in [-0.1, -0.05) is 6.92 Å². The first-order valence-electron chi connectivity index (χ1n) is 3.63. The number of aliphatic hydroxyl groups is 1. The Kier molecular flexibility index (Phi) is 2.46. The topological polar surface area (TPSA) is 66.8 Å². The largest absolute Gasteiger partial charge is 0.479 e. The summed E-state index contributed by atoms with van der Waals surface area (Å²) in [4.78, 5) is 10.4. The molecule has 0 aromatic rings. The minimum Gasteiger partial charge on any atom is -0.479 e. The minimum absolute atomic E-state index is 0.0469. The Morgan fingerprint density at radius 1 is 1.64 bits per heavy atom. The summed E-state index contributed by atoms with van der Waals surface area (Å²) in [6.45, 7) is 2.17. The average Bonchev–Trinajstić information content (AvgIpc) is 1.94. The lowest BCUT2D eigenvalue weighted by Gasteiger charge is -2.28. The molecular formula is C7H12O4. The predicted octanol–water partition coefficient (Wildman–Crippen LogP) is -0.143. The molecule has 4 heteroatoms. The zero-order valence-corrected chi connectivity index (χ0v) is 6.36. The van der Waals surface area contributed by atoms with Gasteiger partial charge in [0.05, 0.1) is 12.7 Å². The molecule has 0 spiro atoms. The van der Waals surface area contributed by atoms with Crippen molar-refractivity contribution in [2.24, 2.45) is 5.92 Å². The van der Waals surface area contributed by atoms with E-state index in [1.54, 1.807) is 0 Å². The molecule has 0 amide bonds. The zero-order valence-electron chi connectivity index (χ0n) is 6.36. The van der Waals surface area contributed by atoms with Crippen LogP contribution < -0.4 is 0 Å². The van der Waals surface area contributed by atoms with E-state index in [4.69, 9.17) is 9.84 Å². The van der Waals surface area contributed by atoms with Crippen LogP contribution in [0.15, 0.2) is 0 Å². The summed E-state index contributed by atoms with van der Waals surface area (Å²) < 4.78 is 4.96. The first-order valence-corrected chi connectivity index (χ1v) is 3.63. The lowest BCUT2D eigenvalue weighted by Crippen LogP contribution is -2.39. The highest BCUT2D eigenvalue weighted by molar-refractivity contribution is 5.72. The fourth-order valence-electron chi connectivity index (χ4n) is 1.07. The molecule has 0 aromatic carbocycles. The van der Waals surface area contributed by atoms with Crippen molar-refractivity contribution in [3.8, 4) is 0 Å². The molecule has 1 heterocycles. The summed E-state index contributed by atoms with van der Waals surface area (Å²) in [6, 6.07) is 0. The Bertz CT molecular complexity index is 157. The summed E-state index contributed by atoms with van der Waals surface area (Å²) in [6.07, 6.45) is -1.15. The van der Waals surface area contributed by atoms with Gasteiger partial charge in [0.2, 0.25) is 0 Å². The number of aliphatic carboxylic acids is 1. The van der Waals surface area contributed by atoms with Gasteiger partial charge in [0.25, 0.3) is 0 Å². The molecule has 1 unspecified atom stereocenters. The second kappa shape index (κ2) is 3.19.